The molecule has 0 unspecified atom stereocenters. The topological polar surface area (TPSA) is 75.6 Å². The molecule has 0 saturated heterocycles. The standard InChI is InChI=1S/C7H5Cl2NO4S/c8-4-1-3(6(9)15-4)7(13)10-14-2-5(11)12/h1H,2H2,(H,10,13)(H,11,12). The second-order valence-corrected chi connectivity index (χ2v) is 4.64. The maximum atomic E-state index is 11.3. The summed E-state index contributed by atoms with van der Waals surface area (Å²) in [5.41, 5.74) is 2.08. The van der Waals surface area contributed by atoms with Crippen molar-refractivity contribution >= 4 is 46.4 Å². The number of carbonyl (C=O) groups is 2. The molecule has 0 aliphatic carbocycles. The Morgan fingerprint density at radius 2 is 2.20 bits per heavy atom. The SMILES string of the molecule is O=C(O)CONC(=O)c1cc(Cl)sc1Cl. The van der Waals surface area contributed by atoms with Crippen molar-refractivity contribution in [2.24, 2.45) is 0 Å². The number of rotatable bonds is 4. The predicted molar refractivity (Wildman–Crippen MR) is 55.4 cm³/mol. The van der Waals surface area contributed by atoms with E-state index in [1.165, 1.54) is 6.07 Å². The second kappa shape index (κ2) is 5.32. The number of nitrogens with one attached hydrogen (secondary N) is 1. The number of hydrogen-bond donors (Lipinski definition) is 2. The molecule has 0 aliphatic rings. The van der Waals surface area contributed by atoms with Gasteiger partial charge in [0.15, 0.2) is 6.61 Å². The first-order valence-corrected chi connectivity index (χ1v) is 5.16. The van der Waals surface area contributed by atoms with Crippen LogP contribution in [0.25, 0.3) is 0 Å². The predicted octanol–water partition coefficient (Wildman–Crippen LogP) is 1.80. The maximum Gasteiger partial charge on any atom is 0.332 e. The Balaban J connectivity index is 2.54. The van der Waals surface area contributed by atoms with Gasteiger partial charge in [0.2, 0.25) is 0 Å². The van der Waals surface area contributed by atoms with Crippen LogP contribution in [0.5, 0.6) is 0 Å². The minimum absolute atomic E-state index is 0.150. The molecular formula is C7H5Cl2NO4S. The number of carboxylic acid groups (broad SMARTS) is 1. The summed E-state index contributed by atoms with van der Waals surface area (Å²) in [6.07, 6.45) is 0. The summed E-state index contributed by atoms with van der Waals surface area (Å²) in [5, 5.41) is 8.23. The molecule has 82 valence electrons. The quantitative estimate of drug-likeness (QED) is 0.818. The van der Waals surface area contributed by atoms with Crippen LogP contribution in [0.1, 0.15) is 10.4 Å². The van der Waals surface area contributed by atoms with Gasteiger partial charge in [-0.15, -0.1) is 11.3 Å². The highest BCUT2D eigenvalue weighted by molar-refractivity contribution is 7.20. The van der Waals surface area contributed by atoms with Crippen molar-refractivity contribution in [3.8, 4) is 0 Å². The molecule has 0 spiro atoms. The molecule has 0 bridgehead atoms. The van der Waals surface area contributed by atoms with Crippen molar-refractivity contribution < 1.29 is 19.5 Å². The first-order chi connectivity index (χ1) is 7.00. The summed E-state index contributed by atoms with van der Waals surface area (Å²) >= 11 is 12.3. The van der Waals surface area contributed by atoms with Gasteiger partial charge in [0.1, 0.15) is 4.34 Å². The molecule has 1 heterocycles. The molecule has 1 aromatic heterocycles. The number of carboxylic acids is 1. The summed E-state index contributed by atoms with van der Waals surface area (Å²) in [6, 6.07) is 1.37. The van der Waals surface area contributed by atoms with Crippen LogP contribution < -0.4 is 5.48 Å². The van der Waals surface area contributed by atoms with Crippen LogP contribution >= 0.6 is 34.5 Å². The molecule has 0 aliphatic heterocycles. The number of carbonyl (C=O) groups excluding carboxylic acids is 1. The van der Waals surface area contributed by atoms with Crippen molar-refractivity contribution in [2.45, 2.75) is 0 Å². The van der Waals surface area contributed by atoms with Crippen LogP contribution in [0.4, 0.5) is 0 Å². The fourth-order valence-corrected chi connectivity index (χ4v) is 2.17. The highest BCUT2D eigenvalue weighted by atomic mass is 35.5. The molecule has 2 N–H and O–H groups in total. The van der Waals surface area contributed by atoms with E-state index < -0.39 is 18.5 Å². The van der Waals surface area contributed by atoms with E-state index in [4.69, 9.17) is 28.3 Å². The number of halogens is 2. The summed E-state index contributed by atoms with van der Waals surface area (Å²) < 4.78 is 0.583. The van der Waals surface area contributed by atoms with Gasteiger partial charge < -0.3 is 5.11 Å². The Kier molecular flexibility index (Phi) is 4.34. The normalized spacial score (nSPS) is 10.0. The average molecular weight is 270 g/mol. The smallest absolute Gasteiger partial charge is 0.332 e. The second-order valence-electron chi connectivity index (χ2n) is 2.35. The number of thiophene rings is 1. The number of hydrogen-bond acceptors (Lipinski definition) is 4. The molecule has 0 aromatic carbocycles. The van der Waals surface area contributed by atoms with E-state index in [9.17, 15) is 9.59 Å². The lowest BCUT2D eigenvalue weighted by Crippen LogP contribution is -2.26. The Hall–Kier alpha value is -0.820. The molecule has 5 nitrogen and oxygen atoms in total. The van der Waals surface area contributed by atoms with E-state index in [1.54, 1.807) is 0 Å². The van der Waals surface area contributed by atoms with Crippen molar-refractivity contribution in [2.75, 3.05) is 6.61 Å². The fraction of sp³-hybridized carbons (Fsp3) is 0.143. The number of amides is 1. The highest BCUT2D eigenvalue weighted by Crippen LogP contribution is 2.30. The summed E-state index contributed by atoms with van der Waals surface area (Å²) in [5.74, 6) is -1.82. The lowest BCUT2D eigenvalue weighted by molar-refractivity contribution is -0.144. The summed E-state index contributed by atoms with van der Waals surface area (Å²) in [6.45, 7) is -0.624. The van der Waals surface area contributed by atoms with Gasteiger partial charge in [0.25, 0.3) is 5.91 Å². The van der Waals surface area contributed by atoms with Crippen LogP contribution in [0.3, 0.4) is 0 Å². The van der Waals surface area contributed by atoms with Gasteiger partial charge in [-0.3, -0.25) is 9.63 Å². The van der Waals surface area contributed by atoms with Gasteiger partial charge in [-0.2, -0.15) is 0 Å². The minimum Gasteiger partial charge on any atom is -0.479 e. The van der Waals surface area contributed by atoms with E-state index in [1.807, 2.05) is 5.48 Å². The van der Waals surface area contributed by atoms with Gasteiger partial charge in [0.05, 0.1) is 9.90 Å². The zero-order chi connectivity index (χ0) is 11.4. The largest absolute Gasteiger partial charge is 0.479 e. The highest BCUT2D eigenvalue weighted by Gasteiger charge is 2.14. The van der Waals surface area contributed by atoms with Crippen LogP contribution in [-0.4, -0.2) is 23.6 Å². The summed E-state index contributed by atoms with van der Waals surface area (Å²) in [7, 11) is 0. The lowest BCUT2D eigenvalue weighted by Gasteiger charge is -2.01. The van der Waals surface area contributed by atoms with Gasteiger partial charge >= 0.3 is 5.97 Å². The first kappa shape index (κ1) is 12.3. The Morgan fingerprint density at radius 3 is 2.67 bits per heavy atom. The first-order valence-electron chi connectivity index (χ1n) is 3.59. The Morgan fingerprint density at radius 1 is 1.53 bits per heavy atom. The molecule has 0 atom stereocenters. The molecule has 0 radical (unpaired) electrons. The third kappa shape index (κ3) is 3.67. The molecule has 0 saturated carbocycles. The third-order valence-corrected chi connectivity index (χ3v) is 2.75. The van der Waals surface area contributed by atoms with Gasteiger partial charge in [0, 0.05) is 0 Å². The van der Waals surface area contributed by atoms with Gasteiger partial charge in [-0.05, 0) is 6.07 Å². The van der Waals surface area contributed by atoms with E-state index in [0.717, 1.165) is 11.3 Å². The monoisotopic (exact) mass is 269 g/mol. The minimum atomic E-state index is -1.19. The molecule has 1 amide bonds. The molecular weight excluding hydrogens is 265 g/mol. The molecule has 0 fully saturated rings. The van der Waals surface area contributed by atoms with Crippen LogP contribution in [0.2, 0.25) is 8.67 Å². The van der Waals surface area contributed by atoms with Crippen molar-refractivity contribution in [3.63, 3.8) is 0 Å². The van der Waals surface area contributed by atoms with E-state index in [-0.39, 0.29) is 9.90 Å². The van der Waals surface area contributed by atoms with Gasteiger partial charge in [-0.1, -0.05) is 23.2 Å². The molecule has 1 rings (SSSR count). The van der Waals surface area contributed by atoms with Crippen molar-refractivity contribution in [1.29, 1.82) is 0 Å². The van der Waals surface area contributed by atoms with Crippen LogP contribution in [-0.2, 0) is 9.63 Å². The van der Waals surface area contributed by atoms with Crippen molar-refractivity contribution in [3.05, 3.63) is 20.3 Å². The van der Waals surface area contributed by atoms with Crippen LogP contribution in [0, 0.1) is 0 Å². The number of hydroxylamine groups is 1. The maximum absolute atomic E-state index is 11.3. The summed E-state index contributed by atoms with van der Waals surface area (Å²) in [4.78, 5) is 25.7. The van der Waals surface area contributed by atoms with Crippen LogP contribution in [0.15, 0.2) is 6.07 Å². The number of aliphatic carboxylic acids is 1. The molecule has 1 aromatic rings. The Labute approximate surface area is 98.5 Å². The van der Waals surface area contributed by atoms with E-state index >= 15 is 0 Å². The average Bonchev–Trinajstić information content (AvgIpc) is 2.44. The zero-order valence-electron chi connectivity index (χ0n) is 7.12. The van der Waals surface area contributed by atoms with Gasteiger partial charge in [-0.25, -0.2) is 10.3 Å². The zero-order valence-corrected chi connectivity index (χ0v) is 9.45. The van der Waals surface area contributed by atoms with E-state index in [2.05, 4.69) is 4.84 Å². The molecule has 15 heavy (non-hydrogen) atoms. The Bertz CT molecular complexity index is 392. The lowest BCUT2D eigenvalue weighted by atomic mass is 10.3. The molecule has 8 heteroatoms. The van der Waals surface area contributed by atoms with E-state index in [0.29, 0.717) is 4.34 Å². The third-order valence-electron chi connectivity index (χ3n) is 1.26. The fourth-order valence-electron chi connectivity index (χ4n) is 0.713. The van der Waals surface area contributed by atoms with Crippen molar-refractivity contribution in [1.82, 2.24) is 5.48 Å².